The van der Waals surface area contributed by atoms with E-state index in [1.165, 1.54) is 0 Å². The monoisotopic (exact) mass is 256 g/mol. The third-order valence-corrected chi connectivity index (χ3v) is 3.33. The van der Waals surface area contributed by atoms with Gasteiger partial charge in [0.2, 0.25) is 0 Å². The number of carbonyl (C=O) groups is 1. The molecule has 0 heterocycles. The number of nitrogens with two attached hydrogens (primary N) is 1. The van der Waals surface area contributed by atoms with Crippen LogP contribution in [0.25, 0.3) is 10.8 Å². The zero-order valence-electron chi connectivity index (χ0n) is 11.5. The van der Waals surface area contributed by atoms with Gasteiger partial charge in [-0.15, -0.1) is 0 Å². The van der Waals surface area contributed by atoms with Crippen LogP contribution in [-0.2, 0) is 0 Å². The summed E-state index contributed by atoms with van der Waals surface area (Å²) in [6.07, 6.45) is 0. The van der Waals surface area contributed by atoms with Crippen molar-refractivity contribution in [3.05, 3.63) is 48.0 Å². The van der Waals surface area contributed by atoms with Gasteiger partial charge in [0.05, 0.1) is 0 Å². The lowest BCUT2D eigenvalue weighted by Gasteiger charge is -2.20. The van der Waals surface area contributed by atoms with Crippen molar-refractivity contribution in [3.63, 3.8) is 0 Å². The van der Waals surface area contributed by atoms with E-state index in [-0.39, 0.29) is 5.91 Å². The standard InChI is InChI=1S/C16H20N2O/c1-12(10-17)11-18(2)16(19)15-8-7-13-5-3-4-6-14(13)9-15/h3-9,12H,10-11,17H2,1-2H3. The molecule has 0 aliphatic heterocycles. The van der Waals surface area contributed by atoms with E-state index in [9.17, 15) is 4.79 Å². The Balaban J connectivity index is 2.21. The van der Waals surface area contributed by atoms with Crippen LogP contribution in [0.4, 0.5) is 0 Å². The Morgan fingerprint density at radius 2 is 1.89 bits per heavy atom. The Labute approximate surface area is 114 Å². The maximum atomic E-state index is 12.3. The maximum absolute atomic E-state index is 12.3. The number of benzene rings is 2. The number of carbonyl (C=O) groups excluding carboxylic acids is 1. The fraction of sp³-hybridized carbons (Fsp3) is 0.312. The highest BCUT2D eigenvalue weighted by molar-refractivity contribution is 5.98. The van der Waals surface area contributed by atoms with E-state index in [0.717, 1.165) is 16.3 Å². The Hall–Kier alpha value is -1.87. The molecule has 1 amide bonds. The minimum atomic E-state index is 0.0473. The van der Waals surface area contributed by atoms with Crippen molar-refractivity contribution >= 4 is 16.7 Å². The molecule has 0 spiro atoms. The normalized spacial score (nSPS) is 12.4. The summed E-state index contributed by atoms with van der Waals surface area (Å²) in [6, 6.07) is 13.9. The summed E-state index contributed by atoms with van der Waals surface area (Å²) in [5.74, 6) is 0.362. The number of rotatable bonds is 4. The minimum Gasteiger partial charge on any atom is -0.341 e. The molecule has 1 unspecified atom stereocenters. The molecule has 100 valence electrons. The lowest BCUT2D eigenvalue weighted by Crippen LogP contribution is -2.33. The van der Waals surface area contributed by atoms with Gasteiger partial charge < -0.3 is 10.6 Å². The van der Waals surface area contributed by atoms with Gasteiger partial charge in [-0.3, -0.25) is 4.79 Å². The first-order chi connectivity index (χ1) is 9.11. The maximum Gasteiger partial charge on any atom is 0.253 e. The number of fused-ring (bicyclic) bond motifs is 1. The molecule has 0 aromatic heterocycles. The average molecular weight is 256 g/mol. The van der Waals surface area contributed by atoms with Crippen molar-refractivity contribution in [3.8, 4) is 0 Å². The molecule has 3 nitrogen and oxygen atoms in total. The van der Waals surface area contributed by atoms with Crippen LogP contribution in [0, 0.1) is 5.92 Å². The van der Waals surface area contributed by atoms with E-state index < -0.39 is 0 Å². The molecule has 0 bridgehead atoms. The van der Waals surface area contributed by atoms with Gasteiger partial charge in [0, 0.05) is 19.2 Å². The Morgan fingerprint density at radius 3 is 2.58 bits per heavy atom. The molecule has 2 aromatic rings. The summed E-state index contributed by atoms with van der Waals surface area (Å²) in [5, 5.41) is 2.24. The van der Waals surface area contributed by atoms with E-state index in [1.54, 1.807) is 4.90 Å². The van der Waals surface area contributed by atoms with E-state index in [2.05, 4.69) is 0 Å². The van der Waals surface area contributed by atoms with Crippen molar-refractivity contribution in [1.29, 1.82) is 0 Å². The second kappa shape index (κ2) is 5.85. The number of hydrogen-bond acceptors (Lipinski definition) is 2. The van der Waals surface area contributed by atoms with E-state index >= 15 is 0 Å². The van der Waals surface area contributed by atoms with Gasteiger partial charge >= 0.3 is 0 Å². The topological polar surface area (TPSA) is 46.3 Å². The van der Waals surface area contributed by atoms with Crippen LogP contribution in [0.5, 0.6) is 0 Å². The first-order valence-electron chi connectivity index (χ1n) is 6.56. The van der Waals surface area contributed by atoms with Crippen LogP contribution >= 0.6 is 0 Å². The first kappa shape index (κ1) is 13.6. The molecule has 0 fully saturated rings. The lowest BCUT2D eigenvalue weighted by molar-refractivity contribution is 0.0777. The molecule has 2 N–H and O–H groups in total. The molecule has 1 atom stereocenters. The van der Waals surface area contributed by atoms with Crippen LogP contribution in [0.3, 0.4) is 0 Å². The Kier molecular flexibility index (Phi) is 4.17. The van der Waals surface area contributed by atoms with Gasteiger partial charge in [0.25, 0.3) is 5.91 Å². The molecule has 2 rings (SSSR count). The molecule has 0 radical (unpaired) electrons. The summed E-state index contributed by atoms with van der Waals surface area (Å²) in [5.41, 5.74) is 6.32. The second-order valence-electron chi connectivity index (χ2n) is 5.09. The molecular formula is C16H20N2O. The van der Waals surface area contributed by atoms with Crippen molar-refractivity contribution in [2.75, 3.05) is 20.1 Å². The van der Waals surface area contributed by atoms with Gasteiger partial charge in [-0.2, -0.15) is 0 Å². The highest BCUT2D eigenvalue weighted by atomic mass is 16.2. The fourth-order valence-electron chi connectivity index (χ4n) is 2.17. The highest BCUT2D eigenvalue weighted by Crippen LogP contribution is 2.16. The molecule has 2 aromatic carbocycles. The zero-order chi connectivity index (χ0) is 13.8. The SMILES string of the molecule is CC(CN)CN(C)C(=O)c1ccc2ccccc2c1. The van der Waals surface area contributed by atoms with Crippen molar-refractivity contribution < 1.29 is 4.79 Å². The third-order valence-electron chi connectivity index (χ3n) is 3.33. The Bertz CT molecular complexity index is 580. The predicted molar refractivity (Wildman–Crippen MR) is 79.1 cm³/mol. The number of nitrogens with zero attached hydrogens (tertiary/aromatic N) is 1. The third kappa shape index (κ3) is 3.12. The summed E-state index contributed by atoms with van der Waals surface area (Å²) >= 11 is 0. The van der Waals surface area contributed by atoms with Gasteiger partial charge in [-0.1, -0.05) is 37.3 Å². The van der Waals surface area contributed by atoms with Gasteiger partial charge in [-0.25, -0.2) is 0 Å². The largest absolute Gasteiger partial charge is 0.341 e. The predicted octanol–water partition coefficient (Wildman–Crippen LogP) is 2.51. The van der Waals surface area contributed by atoms with Crippen LogP contribution in [0.15, 0.2) is 42.5 Å². The molecule has 19 heavy (non-hydrogen) atoms. The van der Waals surface area contributed by atoms with Crippen LogP contribution < -0.4 is 5.73 Å². The lowest BCUT2D eigenvalue weighted by atomic mass is 10.1. The van der Waals surface area contributed by atoms with Crippen molar-refractivity contribution in [1.82, 2.24) is 4.90 Å². The summed E-state index contributed by atoms with van der Waals surface area (Å²) in [4.78, 5) is 14.1. The van der Waals surface area contributed by atoms with E-state index in [4.69, 9.17) is 5.73 Å². The molecule has 0 aliphatic carbocycles. The summed E-state index contributed by atoms with van der Waals surface area (Å²) in [6.45, 7) is 3.32. The molecular weight excluding hydrogens is 236 g/mol. The summed E-state index contributed by atoms with van der Waals surface area (Å²) < 4.78 is 0. The van der Waals surface area contributed by atoms with Crippen molar-refractivity contribution in [2.45, 2.75) is 6.92 Å². The average Bonchev–Trinajstić information content (AvgIpc) is 2.45. The zero-order valence-corrected chi connectivity index (χ0v) is 11.5. The fourth-order valence-corrected chi connectivity index (χ4v) is 2.17. The highest BCUT2D eigenvalue weighted by Gasteiger charge is 2.14. The van der Waals surface area contributed by atoms with Crippen molar-refractivity contribution in [2.24, 2.45) is 11.7 Å². The smallest absolute Gasteiger partial charge is 0.253 e. The van der Waals surface area contributed by atoms with E-state index in [1.807, 2.05) is 56.4 Å². The molecule has 0 aliphatic rings. The van der Waals surface area contributed by atoms with E-state index in [0.29, 0.717) is 19.0 Å². The Morgan fingerprint density at radius 1 is 1.21 bits per heavy atom. The molecule has 3 heteroatoms. The number of amides is 1. The molecule has 0 saturated carbocycles. The first-order valence-corrected chi connectivity index (χ1v) is 6.56. The van der Waals surface area contributed by atoms with Crippen LogP contribution in [0.2, 0.25) is 0 Å². The van der Waals surface area contributed by atoms with Crippen LogP contribution in [-0.4, -0.2) is 30.9 Å². The van der Waals surface area contributed by atoms with Gasteiger partial charge in [0.1, 0.15) is 0 Å². The van der Waals surface area contributed by atoms with Gasteiger partial charge in [-0.05, 0) is 35.4 Å². The second-order valence-corrected chi connectivity index (χ2v) is 5.09. The quantitative estimate of drug-likeness (QED) is 0.913. The molecule has 0 saturated heterocycles. The van der Waals surface area contributed by atoms with Gasteiger partial charge in [0.15, 0.2) is 0 Å². The number of hydrogen-bond donors (Lipinski definition) is 1. The minimum absolute atomic E-state index is 0.0473. The summed E-state index contributed by atoms with van der Waals surface area (Å²) in [7, 11) is 1.82. The van der Waals surface area contributed by atoms with Crippen LogP contribution in [0.1, 0.15) is 17.3 Å².